The van der Waals surface area contributed by atoms with Crippen molar-refractivity contribution in [2.75, 3.05) is 0 Å². The molecule has 0 saturated heterocycles. The molecule has 102 heavy (non-hydrogen) atoms. The fourth-order valence-electron chi connectivity index (χ4n) is 9.37. The van der Waals surface area contributed by atoms with Crippen molar-refractivity contribution >= 4 is 23.2 Å². The van der Waals surface area contributed by atoms with E-state index in [9.17, 15) is 27.8 Å². The van der Waals surface area contributed by atoms with E-state index in [0.717, 1.165) is 50.4 Å². The fraction of sp³-hybridized carbons (Fsp3) is 0.398. The van der Waals surface area contributed by atoms with Crippen LogP contribution >= 0.6 is 23.2 Å². The first-order valence-electron chi connectivity index (χ1n) is 34.9. The fourth-order valence-corrected chi connectivity index (χ4v) is 9.78. The third-order valence-corrected chi connectivity index (χ3v) is 16.9. The van der Waals surface area contributed by atoms with Crippen molar-refractivity contribution in [3.05, 3.63) is 294 Å². The summed E-state index contributed by atoms with van der Waals surface area (Å²) in [5.41, 5.74) is 14.6. The Morgan fingerprint density at radius 3 is 1.13 bits per heavy atom. The molecular formula is C93H120Cl2F4O3. The number of hydrogen-bond acceptors (Lipinski definition) is 3. The van der Waals surface area contributed by atoms with E-state index in [1.807, 2.05) is 140 Å². The quantitative estimate of drug-likeness (QED) is 0.134. The molecule has 0 spiro atoms. The highest BCUT2D eigenvalue weighted by Gasteiger charge is 2.34. The Labute approximate surface area is 624 Å². The van der Waals surface area contributed by atoms with Crippen LogP contribution in [-0.4, -0.2) is 10.2 Å². The normalized spacial score (nSPS) is 11.7. The van der Waals surface area contributed by atoms with Crippen LogP contribution in [0.25, 0.3) is 0 Å². The van der Waals surface area contributed by atoms with Gasteiger partial charge in [0.1, 0.15) is 28.8 Å². The van der Waals surface area contributed by atoms with Crippen LogP contribution in [-0.2, 0) is 49.5 Å². The third kappa shape index (κ3) is 33.6. The molecule has 0 radical (unpaired) electrons. The number of halogens is 6. The smallest absolute Gasteiger partial charge is 0.417 e. The third-order valence-electron chi connectivity index (χ3n) is 16.3. The number of ether oxygens (including phenoxy) is 1. The van der Waals surface area contributed by atoms with E-state index in [0.29, 0.717) is 17.1 Å². The van der Waals surface area contributed by atoms with Crippen LogP contribution in [0.5, 0.6) is 23.0 Å². The Bertz CT molecular complexity index is 4000. The SMILES string of the molecule is C#Cc1cccc(C(C)(C)C)c1.CC(C)(C)c1ccc(Cl)c(C(F)(F)F)c1.CC(C)(C)c1cccc(Cl)c1.CC(C)(C)c1cccc(O)c1.Cc1cc(C(C)(C)C)ccc1O.Cc1ccc(C(C)(C)C)cc1.Cc1ccc(F)c(C(C)(C)C)c1.Cc1ccc(Oc2cccc(C(C)(C)C)c2)cc1. The maximum Gasteiger partial charge on any atom is 0.417 e. The molecule has 9 aromatic rings. The van der Waals surface area contributed by atoms with Gasteiger partial charge >= 0.3 is 6.18 Å². The van der Waals surface area contributed by atoms with E-state index in [2.05, 4.69) is 211 Å². The van der Waals surface area contributed by atoms with E-state index in [-0.39, 0.29) is 54.2 Å². The van der Waals surface area contributed by atoms with Crippen molar-refractivity contribution in [1.29, 1.82) is 0 Å². The zero-order valence-corrected chi connectivity index (χ0v) is 68.2. The number of terminal acetylenes is 1. The van der Waals surface area contributed by atoms with Crippen molar-refractivity contribution in [3.63, 3.8) is 0 Å². The minimum absolute atomic E-state index is 0.101. The molecule has 9 aromatic carbocycles. The summed E-state index contributed by atoms with van der Waals surface area (Å²) < 4.78 is 56.7. The van der Waals surface area contributed by atoms with Crippen molar-refractivity contribution in [1.82, 2.24) is 0 Å². The highest BCUT2D eigenvalue weighted by atomic mass is 35.5. The van der Waals surface area contributed by atoms with Crippen LogP contribution in [0.15, 0.2) is 200 Å². The summed E-state index contributed by atoms with van der Waals surface area (Å²) in [5, 5.41) is 19.0. The summed E-state index contributed by atoms with van der Waals surface area (Å²) in [6.07, 6.45) is 0.921. The van der Waals surface area contributed by atoms with E-state index >= 15 is 0 Å². The second-order valence-corrected chi connectivity index (χ2v) is 35.1. The molecule has 0 unspecified atom stereocenters. The first kappa shape index (κ1) is 90.3. The Morgan fingerprint density at radius 2 is 0.725 bits per heavy atom. The van der Waals surface area contributed by atoms with Crippen molar-refractivity contribution < 1.29 is 32.5 Å². The van der Waals surface area contributed by atoms with Gasteiger partial charge in [-0.1, -0.05) is 327 Å². The average Bonchev–Trinajstić information content (AvgIpc) is 0.810. The van der Waals surface area contributed by atoms with Gasteiger partial charge in [0.25, 0.3) is 0 Å². The summed E-state index contributed by atoms with van der Waals surface area (Å²) in [5.74, 6) is 5.03. The van der Waals surface area contributed by atoms with Crippen molar-refractivity contribution in [2.45, 2.75) is 243 Å². The van der Waals surface area contributed by atoms with Gasteiger partial charge in [0.15, 0.2) is 0 Å². The van der Waals surface area contributed by atoms with Crippen molar-refractivity contribution in [3.8, 4) is 35.3 Å². The number of aryl methyl sites for hydroxylation is 4. The molecule has 0 heterocycles. The van der Waals surface area contributed by atoms with Gasteiger partial charge in [-0.3, -0.25) is 0 Å². The summed E-state index contributed by atoms with van der Waals surface area (Å²) >= 11 is 11.4. The first-order valence-corrected chi connectivity index (χ1v) is 35.7. The standard InChI is InChI=1S/C17H20O.C12H14.C11H12ClF3.C11H15F.C11H16O.C11H16.C10H13Cl.C10H14O/c1-13-8-10-15(11-9-13)18-16-7-5-6-14(12-16)17(2,3)4;1-5-10-7-6-8-11(9-10)12(2,3)4;1-10(2,3)7-4-5-9(12)8(6-7)11(13,14)15;1-8-5-6-10(12)9(7-8)11(2,3)4;1-8-7-9(11(2,3)4)5-6-10(8)12;1-9-5-7-10(8-6-9)11(2,3)4;2*1-10(2,3)8-5-4-6-9(11)7-8/h5-12H,1-4H3;1,6-9H,2-4H3;4-6H,1-3H3;5-7H,1-4H3;5-7,12H,1-4H3;5-8H,1-4H3;4-7H,1-3H3;4-7,11H,1-3H3. The highest BCUT2D eigenvalue weighted by Crippen LogP contribution is 2.38. The van der Waals surface area contributed by atoms with Crippen LogP contribution in [0.3, 0.4) is 0 Å². The summed E-state index contributed by atoms with van der Waals surface area (Å²) in [6, 6.07) is 63.7. The second-order valence-electron chi connectivity index (χ2n) is 34.3. The summed E-state index contributed by atoms with van der Waals surface area (Å²) in [4.78, 5) is 0. The van der Waals surface area contributed by atoms with Gasteiger partial charge in [0, 0.05) is 10.6 Å². The lowest BCUT2D eigenvalue weighted by Gasteiger charge is -2.21. The Hall–Kier alpha value is -7.76. The van der Waals surface area contributed by atoms with E-state index in [1.165, 1.54) is 51.1 Å². The highest BCUT2D eigenvalue weighted by molar-refractivity contribution is 6.31. The summed E-state index contributed by atoms with van der Waals surface area (Å²) in [7, 11) is 0. The minimum Gasteiger partial charge on any atom is -0.508 e. The molecule has 0 aliphatic rings. The lowest BCUT2D eigenvalue weighted by molar-refractivity contribution is -0.137. The molecule has 0 aromatic heterocycles. The average molecular weight is 1430 g/mol. The van der Waals surface area contributed by atoms with Gasteiger partial charge in [-0.05, 0) is 206 Å². The Morgan fingerprint density at radius 1 is 0.343 bits per heavy atom. The molecule has 0 aliphatic heterocycles. The number of rotatable bonds is 2. The first-order chi connectivity index (χ1) is 46.4. The molecule has 0 amide bonds. The minimum atomic E-state index is -4.39. The van der Waals surface area contributed by atoms with Crippen molar-refractivity contribution in [2.24, 2.45) is 0 Å². The number of benzene rings is 9. The van der Waals surface area contributed by atoms with Gasteiger partial charge in [-0.15, -0.1) is 6.42 Å². The molecule has 2 N–H and O–H groups in total. The number of phenols is 2. The van der Waals surface area contributed by atoms with Crippen LogP contribution in [0.1, 0.15) is 244 Å². The molecule has 552 valence electrons. The van der Waals surface area contributed by atoms with Gasteiger partial charge in [0.05, 0.1) is 10.6 Å². The second kappa shape index (κ2) is 38.1. The van der Waals surface area contributed by atoms with Gasteiger partial charge in [-0.2, -0.15) is 13.2 Å². The number of phenolic OH excluding ortho intramolecular Hbond substituents is 2. The number of aromatic hydroxyl groups is 2. The molecule has 9 rings (SSSR count). The van der Waals surface area contributed by atoms with Crippen LogP contribution < -0.4 is 4.74 Å². The number of alkyl halides is 3. The Kier molecular flexibility index (Phi) is 33.8. The predicted molar refractivity (Wildman–Crippen MR) is 433 cm³/mol. The molecule has 0 atom stereocenters. The summed E-state index contributed by atoms with van der Waals surface area (Å²) in [6.45, 7) is 59.0. The monoisotopic (exact) mass is 1430 g/mol. The Balaban J connectivity index is 0.000000399. The molecule has 0 aliphatic carbocycles. The molecule has 0 bridgehead atoms. The largest absolute Gasteiger partial charge is 0.508 e. The van der Waals surface area contributed by atoms with E-state index in [4.69, 9.17) is 34.4 Å². The van der Waals surface area contributed by atoms with Crippen LogP contribution in [0, 0.1) is 45.9 Å². The lowest BCUT2D eigenvalue weighted by atomic mass is 9.86. The maximum atomic E-state index is 13.3. The number of hydrogen-bond donors (Lipinski definition) is 2. The molecular weight excluding hydrogens is 1310 g/mol. The topological polar surface area (TPSA) is 49.7 Å². The van der Waals surface area contributed by atoms with E-state index in [1.54, 1.807) is 30.3 Å². The van der Waals surface area contributed by atoms with Gasteiger partial charge in [-0.25, -0.2) is 4.39 Å². The van der Waals surface area contributed by atoms with Gasteiger partial charge in [0.2, 0.25) is 0 Å². The maximum absolute atomic E-state index is 13.3. The predicted octanol–water partition coefficient (Wildman–Crippen LogP) is 28.8. The molecule has 0 saturated carbocycles. The van der Waals surface area contributed by atoms with Crippen LogP contribution in [0.2, 0.25) is 10.0 Å². The van der Waals surface area contributed by atoms with Crippen LogP contribution in [0.4, 0.5) is 17.6 Å². The zero-order valence-electron chi connectivity index (χ0n) is 66.7. The van der Waals surface area contributed by atoms with Gasteiger partial charge < -0.3 is 14.9 Å². The zero-order chi connectivity index (χ0) is 78.4. The molecule has 0 fully saturated rings. The van der Waals surface area contributed by atoms with E-state index < -0.39 is 11.7 Å². The molecule has 3 nitrogen and oxygen atoms in total. The lowest BCUT2D eigenvalue weighted by Crippen LogP contribution is -2.14. The molecule has 9 heteroatoms.